The molecule has 4 heteroatoms. The van der Waals surface area contributed by atoms with Gasteiger partial charge < -0.3 is 14.4 Å². The molecule has 0 spiro atoms. The van der Waals surface area contributed by atoms with Crippen molar-refractivity contribution in [1.29, 1.82) is 0 Å². The van der Waals surface area contributed by atoms with E-state index in [0.717, 1.165) is 30.0 Å². The topological polar surface area (TPSA) is 38.8 Å². The molecule has 4 nitrogen and oxygen atoms in total. The van der Waals surface area contributed by atoms with Crippen molar-refractivity contribution < 1.29 is 14.3 Å². The summed E-state index contributed by atoms with van der Waals surface area (Å²) in [6, 6.07) is 13.8. The first-order valence-electron chi connectivity index (χ1n) is 7.76. The predicted octanol–water partition coefficient (Wildman–Crippen LogP) is 2.83. The fourth-order valence-corrected chi connectivity index (χ4v) is 3.00. The molecular formula is C19H21NO3. The highest BCUT2D eigenvalue weighted by Crippen LogP contribution is 2.25. The van der Waals surface area contributed by atoms with Crippen LogP contribution in [0.3, 0.4) is 0 Å². The van der Waals surface area contributed by atoms with E-state index in [0.29, 0.717) is 13.0 Å². The van der Waals surface area contributed by atoms with Crippen LogP contribution in [0.5, 0.6) is 11.5 Å². The van der Waals surface area contributed by atoms with Gasteiger partial charge in [-0.05, 0) is 35.7 Å². The fourth-order valence-electron chi connectivity index (χ4n) is 3.00. The van der Waals surface area contributed by atoms with Crippen LogP contribution in [0.15, 0.2) is 42.5 Å². The molecule has 3 rings (SSSR count). The molecule has 0 radical (unpaired) electrons. The van der Waals surface area contributed by atoms with Gasteiger partial charge in [0.25, 0.3) is 0 Å². The Balaban J connectivity index is 1.74. The molecule has 120 valence electrons. The Bertz CT molecular complexity index is 712. The van der Waals surface area contributed by atoms with Crippen LogP contribution in [0.25, 0.3) is 0 Å². The minimum Gasteiger partial charge on any atom is -0.497 e. The van der Waals surface area contributed by atoms with Crippen molar-refractivity contribution in [2.75, 3.05) is 20.8 Å². The summed E-state index contributed by atoms with van der Waals surface area (Å²) < 4.78 is 10.6. The Hall–Kier alpha value is -2.49. The first kappa shape index (κ1) is 15.4. The number of amides is 1. The second-order valence-electron chi connectivity index (χ2n) is 5.69. The summed E-state index contributed by atoms with van der Waals surface area (Å²) in [6.45, 7) is 1.40. The number of methoxy groups -OCH3 is 2. The standard InChI is InChI=1S/C19H21NO3/c1-22-17-8-7-14-9-10-20(13-16(14)11-17)19(21)12-15-5-3-4-6-18(15)23-2/h3-8,11H,9-10,12-13H2,1-2H3. The molecule has 0 bridgehead atoms. The maximum Gasteiger partial charge on any atom is 0.227 e. The number of ether oxygens (including phenoxy) is 2. The molecule has 0 fully saturated rings. The molecule has 0 aliphatic carbocycles. The Labute approximate surface area is 136 Å². The van der Waals surface area contributed by atoms with Crippen LogP contribution >= 0.6 is 0 Å². The maximum absolute atomic E-state index is 12.6. The van der Waals surface area contributed by atoms with Gasteiger partial charge in [-0.25, -0.2) is 0 Å². The third-order valence-electron chi connectivity index (χ3n) is 4.31. The van der Waals surface area contributed by atoms with E-state index in [1.54, 1.807) is 14.2 Å². The van der Waals surface area contributed by atoms with E-state index in [-0.39, 0.29) is 5.91 Å². The minimum atomic E-state index is 0.128. The number of para-hydroxylation sites is 1. The lowest BCUT2D eigenvalue weighted by atomic mass is 9.98. The van der Waals surface area contributed by atoms with Crippen molar-refractivity contribution in [2.45, 2.75) is 19.4 Å². The molecule has 23 heavy (non-hydrogen) atoms. The quantitative estimate of drug-likeness (QED) is 0.871. The SMILES string of the molecule is COc1ccc2c(c1)CN(C(=O)Cc1ccccc1OC)CC2. The van der Waals surface area contributed by atoms with Gasteiger partial charge >= 0.3 is 0 Å². The van der Waals surface area contributed by atoms with Crippen LogP contribution in [0.4, 0.5) is 0 Å². The number of hydrogen-bond donors (Lipinski definition) is 0. The van der Waals surface area contributed by atoms with Crippen LogP contribution in [0.1, 0.15) is 16.7 Å². The maximum atomic E-state index is 12.6. The Morgan fingerprint density at radius 2 is 1.91 bits per heavy atom. The molecular weight excluding hydrogens is 290 g/mol. The van der Waals surface area contributed by atoms with Gasteiger partial charge in [-0.1, -0.05) is 24.3 Å². The lowest BCUT2D eigenvalue weighted by Crippen LogP contribution is -2.37. The molecule has 1 aliphatic heterocycles. The Morgan fingerprint density at radius 3 is 2.70 bits per heavy atom. The number of benzene rings is 2. The number of carbonyl (C=O) groups excluding carboxylic acids is 1. The molecule has 0 N–H and O–H groups in total. The van der Waals surface area contributed by atoms with Gasteiger partial charge in [0.15, 0.2) is 0 Å². The van der Waals surface area contributed by atoms with Crippen LogP contribution in [0, 0.1) is 0 Å². The van der Waals surface area contributed by atoms with Crippen molar-refractivity contribution in [2.24, 2.45) is 0 Å². The first-order valence-corrected chi connectivity index (χ1v) is 7.76. The summed E-state index contributed by atoms with van der Waals surface area (Å²) in [5, 5.41) is 0. The van der Waals surface area contributed by atoms with Crippen LogP contribution in [-0.4, -0.2) is 31.6 Å². The molecule has 0 saturated carbocycles. The molecule has 2 aromatic rings. The molecule has 1 aliphatic rings. The van der Waals surface area contributed by atoms with Crippen LogP contribution in [-0.2, 0) is 24.2 Å². The molecule has 0 saturated heterocycles. The fraction of sp³-hybridized carbons (Fsp3) is 0.316. The van der Waals surface area contributed by atoms with Gasteiger partial charge in [0.1, 0.15) is 11.5 Å². The van der Waals surface area contributed by atoms with Crippen molar-refractivity contribution >= 4 is 5.91 Å². The summed E-state index contributed by atoms with van der Waals surface area (Å²) in [5.74, 6) is 1.73. The smallest absolute Gasteiger partial charge is 0.227 e. The van der Waals surface area contributed by atoms with E-state index in [4.69, 9.17) is 9.47 Å². The van der Waals surface area contributed by atoms with Gasteiger partial charge in [0, 0.05) is 18.7 Å². The number of rotatable bonds is 4. The minimum absolute atomic E-state index is 0.128. The van der Waals surface area contributed by atoms with Crippen molar-refractivity contribution in [3.05, 3.63) is 59.2 Å². The van der Waals surface area contributed by atoms with E-state index in [2.05, 4.69) is 6.07 Å². The molecule has 0 atom stereocenters. The van der Waals surface area contributed by atoms with Gasteiger partial charge in [-0.3, -0.25) is 4.79 Å². The highest BCUT2D eigenvalue weighted by atomic mass is 16.5. The van der Waals surface area contributed by atoms with Gasteiger partial charge in [0.2, 0.25) is 5.91 Å². The predicted molar refractivity (Wildman–Crippen MR) is 88.8 cm³/mol. The number of nitrogens with zero attached hydrogens (tertiary/aromatic N) is 1. The van der Waals surface area contributed by atoms with Crippen molar-refractivity contribution in [1.82, 2.24) is 4.90 Å². The summed E-state index contributed by atoms with van der Waals surface area (Å²) >= 11 is 0. The average molecular weight is 311 g/mol. The van der Waals surface area contributed by atoms with E-state index in [1.807, 2.05) is 41.3 Å². The monoisotopic (exact) mass is 311 g/mol. The summed E-state index contributed by atoms with van der Waals surface area (Å²) in [5.41, 5.74) is 3.40. The lowest BCUT2D eigenvalue weighted by molar-refractivity contribution is -0.131. The zero-order valence-electron chi connectivity index (χ0n) is 13.5. The van der Waals surface area contributed by atoms with Crippen LogP contribution < -0.4 is 9.47 Å². The second-order valence-corrected chi connectivity index (χ2v) is 5.69. The first-order chi connectivity index (χ1) is 11.2. The Morgan fingerprint density at radius 1 is 1.09 bits per heavy atom. The van der Waals surface area contributed by atoms with Crippen LogP contribution in [0.2, 0.25) is 0 Å². The third-order valence-corrected chi connectivity index (χ3v) is 4.31. The van der Waals surface area contributed by atoms with Crippen molar-refractivity contribution in [3.8, 4) is 11.5 Å². The lowest BCUT2D eigenvalue weighted by Gasteiger charge is -2.29. The van der Waals surface area contributed by atoms with E-state index in [9.17, 15) is 4.79 Å². The normalized spacial score (nSPS) is 13.4. The molecule has 0 aromatic heterocycles. The van der Waals surface area contributed by atoms with E-state index in [1.165, 1.54) is 11.1 Å². The number of carbonyl (C=O) groups is 1. The van der Waals surface area contributed by atoms with Gasteiger partial charge in [-0.15, -0.1) is 0 Å². The van der Waals surface area contributed by atoms with Gasteiger partial charge in [0.05, 0.1) is 20.6 Å². The number of fused-ring (bicyclic) bond motifs is 1. The summed E-state index contributed by atoms with van der Waals surface area (Å²) in [6.07, 6.45) is 1.25. The zero-order valence-corrected chi connectivity index (χ0v) is 13.5. The molecule has 1 heterocycles. The second kappa shape index (κ2) is 6.73. The third kappa shape index (κ3) is 3.31. The average Bonchev–Trinajstić information content (AvgIpc) is 2.61. The Kier molecular flexibility index (Phi) is 4.51. The molecule has 2 aromatic carbocycles. The summed E-state index contributed by atoms with van der Waals surface area (Å²) in [4.78, 5) is 14.5. The molecule has 0 unspecified atom stereocenters. The highest BCUT2D eigenvalue weighted by molar-refractivity contribution is 5.79. The zero-order chi connectivity index (χ0) is 16.2. The number of hydrogen-bond acceptors (Lipinski definition) is 3. The largest absolute Gasteiger partial charge is 0.497 e. The summed E-state index contributed by atoms with van der Waals surface area (Å²) in [7, 11) is 3.29. The highest BCUT2D eigenvalue weighted by Gasteiger charge is 2.22. The van der Waals surface area contributed by atoms with E-state index >= 15 is 0 Å². The van der Waals surface area contributed by atoms with Crippen molar-refractivity contribution in [3.63, 3.8) is 0 Å². The molecule has 1 amide bonds. The van der Waals surface area contributed by atoms with Gasteiger partial charge in [-0.2, -0.15) is 0 Å². The van der Waals surface area contributed by atoms with E-state index < -0.39 is 0 Å².